The zero-order chi connectivity index (χ0) is 14.7. The fourth-order valence-corrected chi connectivity index (χ4v) is 3.81. The topological polar surface area (TPSA) is 42.7 Å². The quantitative estimate of drug-likeness (QED) is 0.860. The Kier molecular flexibility index (Phi) is 5.35. The van der Waals surface area contributed by atoms with Crippen LogP contribution in [0.3, 0.4) is 0 Å². The molecule has 2 aromatic heterocycles. The minimum absolute atomic E-state index is 0.278. The molecule has 1 N–H and O–H groups in total. The maximum Gasteiger partial charge on any atom is 0.138 e. The van der Waals surface area contributed by atoms with Crippen LogP contribution >= 0.6 is 27.3 Å². The molecule has 0 spiro atoms. The van der Waals surface area contributed by atoms with Crippen molar-refractivity contribution in [3.63, 3.8) is 0 Å². The molecule has 0 bridgehead atoms. The normalized spacial score (nSPS) is 13.1. The van der Waals surface area contributed by atoms with Crippen molar-refractivity contribution in [1.29, 1.82) is 0 Å². The molecule has 110 valence electrons. The number of likely N-dealkylation sites (N-methyl/N-ethyl adjacent to an activating group) is 1. The first-order valence-electron chi connectivity index (χ1n) is 6.81. The highest BCUT2D eigenvalue weighted by Crippen LogP contribution is 2.32. The molecule has 1 unspecified atom stereocenters. The Balaban J connectivity index is 2.16. The number of halogens is 1. The van der Waals surface area contributed by atoms with Crippen molar-refractivity contribution >= 4 is 27.3 Å². The second-order valence-electron chi connectivity index (χ2n) is 5.40. The van der Waals surface area contributed by atoms with Gasteiger partial charge in [0.25, 0.3) is 0 Å². The number of hydrogen-bond acceptors (Lipinski definition) is 4. The molecule has 4 nitrogen and oxygen atoms in total. The van der Waals surface area contributed by atoms with Gasteiger partial charge >= 0.3 is 0 Å². The highest BCUT2D eigenvalue weighted by molar-refractivity contribution is 9.11. The summed E-state index contributed by atoms with van der Waals surface area (Å²) >= 11 is 5.38. The molecule has 0 aliphatic rings. The fourth-order valence-electron chi connectivity index (χ4n) is 2.13. The van der Waals surface area contributed by atoms with Gasteiger partial charge < -0.3 is 5.32 Å². The summed E-state index contributed by atoms with van der Waals surface area (Å²) in [6, 6.07) is 2.51. The molecular formula is C14H21BrN4S. The van der Waals surface area contributed by atoms with Gasteiger partial charge in [-0.1, -0.05) is 13.8 Å². The van der Waals surface area contributed by atoms with Gasteiger partial charge in [-0.25, -0.2) is 9.67 Å². The fraction of sp³-hybridized carbons (Fsp3) is 0.571. The molecule has 2 aromatic rings. The van der Waals surface area contributed by atoms with E-state index in [2.05, 4.69) is 58.2 Å². The minimum Gasteiger partial charge on any atom is -0.312 e. The van der Waals surface area contributed by atoms with Gasteiger partial charge in [0.05, 0.1) is 3.79 Å². The van der Waals surface area contributed by atoms with E-state index in [0.717, 1.165) is 18.8 Å². The van der Waals surface area contributed by atoms with Crippen molar-refractivity contribution in [2.75, 3.05) is 7.05 Å². The molecular weight excluding hydrogens is 336 g/mol. The van der Waals surface area contributed by atoms with E-state index >= 15 is 0 Å². The average molecular weight is 357 g/mol. The van der Waals surface area contributed by atoms with Gasteiger partial charge in [-0.15, -0.1) is 11.3 Å². The van der Waals surface area contributed by atoms with Crippen molar-refractivity contribution in [3.8, 4) is 0 Å². The summed E-state index contributed by atoms with van der Waals surface area (Å²) in [7, 11) is 2.00. The van der Waals surface area contributed by atoms with Gasteiger partial charge in [0.2, 0.25) is 0 Å². The first-order valence-corrected chi connectivity index (χ1v) is 8.42. The van der Waals surface area contributed by atoms with E-state index in [1.807, 2.05) is 11.7 Å². The maximum absolute atomic E-state index is 4.42. The summed E-state index contributed by atoms with van der Waals surface area (Å²) in [5.74, 6) is 1.61. The molecule has 2 heterocycles. The van der Waals surface area contributed by atoms with Crippen molar-refractivity contribution in [2.24, 2.45) is 5.92 Å². The zero-order valence-electron chi connectivity index (χ0n) is 12.4. The number of nitrogens with one attached hydrogen (secondary N) is 1. The summed E-state index contributed by atoms with van der Waals surface area (Å²) in [6.07, 6.45) is 2.51. The van der Waals surface area contributed by atoms with E-state index in [9.17, 15) is 0 Å². The Morgan fingerprint density at radius 2 is 2.20 bits per heavy atom. The standard InChI is InChI=1S/C14H21BrN4S/c1-9(2)7-19-13(17-8-18-19)6-11(16-4)12-5-10(3)14(15)20-12/h5,8-9,11,16H,6-7H2,1-4H3. The van der Waals surface area contributed by atoms with Crippen LogP contribution in [0.1, 0.15) is 36.2 Å². The Labute approximate surface area is 132 Å². The number of rotatable bonds is 6. The summed E-state index contributed by atoms with van der Waals surface area (Å²) < 4.78 is 3.22. The lowest BCUT2D eigenvalue weighted by molar-refractivity contribution is 0.452. The molecule has 2 rings (SSSR count). The van der Waals surface area contributed by atoms with Crippen LogP contribution in [0.4, 0.5) is 0 Å². The predicted molar refractivity (Wildman–Crippen MR) is 87.1 cm³/mol. The van der Waals surface area contributed by atoms with Gasteiger partial charge in [0.15, 0.2) is 0 Å². The first kappa shape index (κ1) is 15.7. The van der Waals surface area contributed by atoms with Gasteiger partial charge in [0, 0.05) is 23.9 Å². The van der Waals surface area contributed by atoms with Crippen molar-refractivity contribution in [2.45, 2.75) is 39.8 Å². The van der Waals surface area contributed by atoms with Crippen LogP contribution in [0.2, 0.25) is 0 Å². The molecule has 20 heavy (non-hydrogen) atoms. The van der Waals surface area contributed by atoms with Crippen molar-refractivity contribution in [3.05, 3.63) is 32.4 Å². The molecule has 0 radical (unpaired) electrons. The smallest absolute Gasteiger partial charge is 0.138 e. The zero-order valence-corrected chi connectivity index (χ0v) is 14.8. The lowest BCUT2D eigenvalue weighted by Gasteiger charge is -2.15. The van der Waals surface area contributed by atoms with Crippen molar-refractivity contribution in [1.82, 2.24) is 20.1 Å². The van der Waals surface area contributed by atoms with Crippen LogP contribution in [0.25, 0.3) is 0 Å². The minimum atomic E-state index is 0.278. The van der Waals surface area contributed by atoms with E-state index in [1.165, 1.54) is 14.2 Å². The highest BCUT2D eigenvalue weighted by atomic mass is 79.9. The second kappa shape index (κ2) is 6.83. The molecule has 0 aliphatic carbocycles. The van der Waals surface area contributed by atoms with Crippen LogP contribution in [0, 0.1) is 12.8 Å². The predicted octanol–water partition coefficient (Wildman–Crippen LogP) is 3.57. The maximum atomic E-state index is 4.42. The molecule has 0 aromatic carbocycles. The molecule has 0 amide bonds. The Bertz CT molecular complexity index is 542. The molecule has 0 aliphatic heterocycles. The molecule has 6 heteroatoms. The third-order valence-corrected chi connectivity index (χ3v) is 5.44. The van der Waals surface area contributed by atoms with Crippen LogP contribution in [-0.4, -0.2) is 21.8 Å². The van der Waals surface area contributed by atoms with E-state index in [-0.39, 0.29) is 6.04 Å². The molecule has 1 atom stereocenters. The van der Waals surface area contributed by atoms with E-state index in [1.54, 1.807) is 17.7 Å². The van der Waals surface area contributed by atoms with E-state index < -0.39 is 0 Å². The van der Waals surface area contributed by atoms with Crippen LogP contribution in [0.5, 0.6) is 0 Å². The lowest BCUT2D eigenvalue weighted by atomic mass is 10.1. The van der Waals surface area contributed by atoms with Gasteiger partial charge in [0.1, 0.15) is 12.2 Å². The van der Waals surface area contributed by atoms with Crippen LogP contribution < -0.4 is 5.32 Å². The van der Waals surface area contributed by atoms with Gasteiger partial charge in [-0.2, -0.15) is 5.10 Å². The second-order valence-corrected chi connectivity index (χ2v) is 7.80. The van der Waals surface area contributed by atoms with E-state index in [0.29, 0.717) is 5.92 Å². The third-order valence-electron chi connectivity index (χ3n) is 3.19. The third kappa shape index (κ3) is 3.68. The van der Waals surface area contributed by atoms with Gasteiger partial charge in [-0.3, -0.25) is 0 Å². The SMILES string of the molecule is CNC(Cc1ncnn1CC(C)C)c1cc(C)c(Br)s1. The first-order chi connectivity index (χ1) is 9.51. The molecule has 0 fully saturated rings. The average Bonchev–Trinajstić information content (AvgIpc) is 2.94. The number of thiophene rings is 1. The Hall–Kier alpha value is -0.720. The molecule has 0 saturated heterocycles. The summed E-state index contributed by atoms with van der Waals surface area (Å²) in [4.78, 5) is 5.75. The Morgan fingerprint density at radius 1 is 1.45 bits per heavy atom. The molecule has 0 saturated carbocycles. The lowest BCUT2D eigenvalue weighted by Crippen LogP contribution is -2.21. The van der Waals surface area contributed by atoms with Gasteiger partial charge in [-0.05, 0) is 47.4 Å². The van der Waals surface area contributed by atoms with Crippen LogP contribution in [-0.2, 0) is 13.0 Å². The summed E-state index contributed by atoms with van der Waals surface area (Å²) in [5, 5.41) is 7.72. The van der Waals surface area contributed by atoms with Crippen LogP contribution in [0.15, 0.2) is 16.2 Å². The number of nitrogens with zero attached hydrogens (tertiary/aromatic N) is 3. The summed E-state index contributed by atoms with van der Waals surface area (Å²) in [6.45, 7) is 7.43. The van der Waals surface area contributed by atoms with E-state index in [4.69, 9.17) is 0 Å². The number of hydrogen-bond donors (Lipinski definition) is 1. The number of aryl methyl sites for hydroxylation is 1. The largest absolute Gasteiger partial charge is 0.312 e. The Morgan fingerprint density at radius 3 is 2.75 bits per heavy atom. The van der Waals surface area contributed by atoms with Crippen molar-refractivity contribution < 1.29 is 0 Å². The number of aromatic nitrogens is 3. The highest BCUT2D eigenvalue weighted by Gasteiger charge is 2.17. The monoisotopic (exact) mass is 356 g/mol. The summed E-state index contributed by atoms with van der Waals surface area (Å²) in [5.41, 5.74) is 1.29.